The fourth-order valence-electron chi connectivity index (χ4n) is 4.82. The van der Waals surface area contributed by atoms with Gasteiger partial charge in [-0.25, -0.2) is 19.0 Å². The van der Waals surface area contributed by atoms with Crippen LogP contribution in [0.3, 0.4) is 0 Å². The SMILES string of the molecule is Cc1cc(-c2nc(C3CCCC3)n(CC(=O)N3CCc4nc(N)[nH]c4CC3)n2)ccc1F. The summed E-state index contributed by atoms with van der Waals surface area (Å²) in [5, 5.41) is 4.70. The van der Waals surface area contributed by atoms with Gasteiger partial charge in [-0.2, -0.15) is 5.10 Å². The van der Waals surface area contributed by atoms with Crippen LogP contribution in [0.4, 0.5) is 10.3 Å². The molecule has 1 amide bonds. The Balaban J connectivity index is 1.38. The molecule has 0 unspecified atom stereocenters. The van der Waals surface area contributed by atoms with Crippen LogP contribution < -0.4 is 5.73 Å². The number of fused-ring (bicyclic) bond motifs is 1. The maximum Gasteiger partial charge on any atom is 0.244 e. The van der Waals surface area contributed by atoms with Gasteiger partial charge in [0.15, 0.2) is 11.8 Å². The summed E-state index contributed by atoms with van der Waals surface area (Å²) in [6.07, 6.45) is 5.83. The van der Waals surface area contributed by atoms with Crippen LogP contribution in [0.15, 0.2) is 18.2 Å². The van der Waals surface area contributed by atoms with Crippen molar-refractivity contribution in [2.24, 2.45) is 0 Å². The van der Waals surface area contributed by atoms with Gasteiger partial charge in [-0.3, -0.25) is 4.79 Å². The van der Waals surface area contributed by atoms with Crippen LogP contribution in [-0.4, -0.2) is 48.6 Å². The molecule has 1 fully saturated rings. The maximum absolute atomic E-state index is 13.7. The number of anilines is 1. The van der Waals surface area contributed by atoms with Crippen molar-refractivity contribution in [1.82, 2.24) is 29.6 Å². The van der Waals surface area contributed by atoms with Crippen LogP contribution in [0.2, 0.25) is 0 Å². The van der Waals surface area contributed by atoms with E-state index in [1.165, 1.54) is 6.07 Å². The lowest BCUT2D eigenvalue weighted by Gasteiger charge is -2.21. The van der Waals surface area contributed by atoms with Crippen LogP contribution in [0.1, 0.15) is 54.4 Å². The molecule has 3 aromatic rings. The Morgan fingerprint density at radius 1 is 1.22 bits per heavy atom. The molecule has 5 rings (SSSR count). The second kappa shape index (κ2) is 8.37. The van der Waals surface area contributed by atoms with Crippen molar-refractivity contribution in [3.63, 3.8) is 0 Å². The van der Waals surface area contributed by atoms with Crippen LogP contribution in [0, 0.1) is 12.7 Å². The molecule has 9 heteroatoms. The summed E-state index contributed by atoms with van der Waals surface area (Å²) < 4.78 is 15.5. The summed E-state index contributed by atoms with van der Waals surface area (Å²) in [5.74, 6) is 1.93. The number of imidazole rings is 1. The molecule has 0 radical (unpaired) electrons. The van der Waals surface area contributed by atoms with Gasteiger partial charge < -0.3 is 15.6 Å². The molecular weight excluding hydrogens is 409 g/mol. The van der Waals surface area contributed by atoms with E-state index in [0.29, 0.717) is 49.2 Å². The van der Waals surface area contributed by atoms with E-state index >= 15 is 0 Å². The van der Waals surface area contributed by atoms with E-state index in [0.717, 1.165) is 48.5 Å². The first kappa shape index (κ1) is 20.7. The Morgan fingerprint density at radius 2 is 2.00 bits per heavy atom. The Kier molecular flexibility index (Phi) is 5.40. The number of amides is 1. The Bertz CT molecular complexity index is 1120. The number of nitrogens with one attached hydrogen (secondary N) is 1. The first-order chi connectivity index (χ1) is 15.5. The third kappa shape index (κ3) is 3.99. The summed E-state index contributed by atoms with van der Waals surface area (Å²) in [4.78, 5) is 27.3. The predicted molar refractivity (Wildman–Crippen MR) is 118 cm³/mol. The van der Waals surface area contributed by atoms with Gasteiger partial charge in [-0.1, -0.05) is 12.8 Å². The number of carbonyl (C=O) groups excluding carboxylic acids is 1. The minimum atomic E-state index is -0.248. The normalized spacial score (nSPS) is 16.9. The molecule has 2 aliphatic rings. The lowest BCUT2D eigenvalue weighted by Crippen LogP contribution is -2.36. The number of hydrogen-bond donors (Lipinski definition) is 2. The van der Waals surface area contributed by atoms with E-state index in [-0.39, 0.29) is 18.3 Å². The molecule has 3 N–H and O–H groups in total. The molecule has 3 heterocycles. The smallest absolute Gasteiger partial charge is 0.244 e. The summed E-state index contributed by atoms with van der Waals surface area (Å²) in [6.45, 7) is 3.11. The molecule has 2 aromatic heterocycles. The number of H-pyrrole nitrogens is 1. The van der Waals surface area contributed by atoms with Crippen molar-refractivity contribution >= 4 is 11.9 Å². The number of aryl methyl sites for hydroxylation is 1. The molecule has 1 aromatic carbocycles. The second-order valence-electron chi connectivity index (χ2n) is 8.82. The minimum Gasteiger partial charge on any atom is -0.369 e. The van der Waals surface area contributed by atoms with E-state index in [1.54, 1.807) is 23.7 Å². The van der Waals surface area contributed by atoms with Crippen LogP contribution in [0.25, 0.3) is 11.4 Å². The van der Waals surface area contributed by atoms with Gasteiger partial charge >= 0.3 is 0 Å². The molecule has 1 aliphatic heterocycles. The fraction of sp³-hybridized carbons (Fsp3) is 0.478. The van der Waals surface area contributed by atoms with Crippen LogP contribution in [0.5, 0.6) is 0 Å². The van der Waals surface area contributed by atoms with Gasteiger partial charge in [-0.15, -0.1) is 0 Å². The highest BCUT2D eigenvalue weighted by atomic mass is 19.1. The highest BCUT2D eigenvalue weighted by Crippen LogP contribution is 2.34. The second-order valence-corrected chi connectivity index (χ2v) is 8.82. The molecular formula is C23H28FN7O. The third-order valence-electron chi connectivity index (χ3n) is 6.61. The number of aromatic nitrogens is 5. The van der Waals surface area contributed by atoms with Crippen LogP contribution >= 0.6 is 0 Å². The van der Waals surface area contributed by atoms with E-state index < -0.39 is 0 Å². The number of nitrogen functional groups attached to an aromatic ring is 1. The van der Waals surface area contributed by atoms with Gasteiger partial charge in [0.25, 0.3) is 0 Å². The van der Waals surface area contributed by atoms with Crippen molar-refractivity contribution in [3.8, 4) is 11.4 Å². The topological polar surface area (TPSA) is 106 Å². The van der Waals surface area contributed by atoms with Crippen molar-refractivity contribution in [2.45, 2.75) is 57.9 Å². The number of halogens is 1. The van der Waals surface area contributed by atoms with E-state index in [1.807, 2.05) is 4.90 Å². The molecule has 8 nitrogen and oxygen atoms in total. The zero-order chi connectivity index (χ0) is 22.2. The Labute approximate surface area is 186 Å². The number of carbonyl (C=O) groups is 1. The summed E-state index contributed by atoms with van der Waals surface area (Å²) in [5.41, 5.74) is 9.05. The van der Waals surface area contributed by atoms with Gasteiger partial charge in [0.05, 0.1) is 5.69 Å². The van der Waals surface area contributed by atoms with Crippen molar-refractivity contribution in [2.75, 3.05) is 18.8 Å². The van der Waals surface area contributed by atoms with Gasteiger partial charge in [0.1, 0.15) is 18.2 Å². The number of nitrogens with two attached hydrogens (primary N) is 1. The van der Waals surface area contributed by atoms with Gasteiger partial charge in [-0.05, 0) is 43.5 Å². The predicted octanol–water partition coefficient (Wildman–Crippen LogP) is 2.98. The molecule has 0 spiro atoms. The van der Waals surface area contributed by atoms with Crippen molar-refractivity contribution in [1.29, 1.82) is 0 Å². The average Bonchev–Trinajstić information content (AvgIpc) is 3.48. The monoisotopic (exact) mass is 437 g/mol. The molecule has 32 heavy (non-hydrogen) atoms. The van der Waals surface area contributed by atoms with E-state index in [9.17, 15) is 9.18 Å². The first-order valence-electron chi connectivity index (χ1n) is 11.3. The number of hydrogen-bond acceptors (Lipinski definition) is 5. The molecule has 0 atom stereocenters. The molecule has 0 bridgehead atoms. The molecule has 0 saturated heterocycles. The Morgan fingerprint density at radius 3 is 2.78 bits per heavy atom. The van der Waals surface area contributed by atoms with Gasteiger partial charge in [0, 0.05) is 43.1 Å². The zero-order valence-electron chi connectivity index (χ0n) is 18.3. The lowest BCUT2D eigenvalue weighted by atomic mass is 10.1. The van der Waals surface area contributed by atoms with Crippen molar-refractivity contribution < 1.29 is 9.18 Å². The lowest BCUT2D eigenvalue weighted by molar-refractivity contribution is -0.132. The molecule has 1 aliphatic carbocycles. The number of benzene rings is 1. The number of nitrogens with zero attached hydrogens (tertiary/aromatic N) is 5. The molecule has 168 valence electrons. The quantitative estimate of drug-likeness (QED) is 0.653. The largest absolute Gasteiger partial charge is 0.369 e. The fourth-order valence-corrected chi connectivity index (χ4v) is 4.82. The van der Waals surface area contributed by atoms with E-state index in [2.05, 4.69) is 9.97 Å². The number of rotatable bonds is 4. The third-order valence-corrected chi connectivity index (χ3v) is 6.61. The van der Waals surface area contributed by atoms with E-state index in [4.69, 9.17) is 15.8 Å². The summed E-state index contributed by atoms with van der Waals surface area (Å²) >= 11 is 0. The molecule has 1 saturated carbocycles. The zero-order valence-corrected chi connectivity index (χ0v) is 18.3. The van der Waals surface area contributed by atoms with Crippen LogP contribution in [-0.2, 0) is 24.2 Å². The summed E-state index contributed by atoms with van der Waals surface area (Å²) in [6, 6.07) is 4.90. The number of aromatic amines is 1. The highest BCUT2D eigenvalue weighted by Gasteiger charge is 2.27. The van der Waals surface area contributed by atoms with Gasteiger partial charge in [0.2, 0.25) is 5.91 Å². The summed E-state index contributed by atoms with van der Waals surface area (Å²) in [7, 11) is 0. The maximum atomic E-state index is 13.7. The first-order valence-corrected chi connectivity index (χ1v) is 11.3. The van der Waals surface area contributed by atoms with Crippen molar-refractivity contribution in [3.05, 3.63) is 46.8 Å². The standard InChI is InChI=1S/C23H28FN7O/c1-14-12-16(6-7-17(14)24)21-28-22(15-4-2-3-5-15)31(29-21)13-20(32)30-10-8-18-19(9-11-30)27-23(25)26-18/h6-7,12,15H,2-5,8-11,13H2,1H3,(H3,25,26,27). The Hall–Kier alpha value is -3.23. The highest BCUT2D eigenvalue weighted by molar-refractivity contribution is 5.76. The minimum absolute atomic E-state index is 0.0223. The average molecular weight is 438 g/mol.